The van der Waals surface area contributed by atoms with Gasteiger partial charge >= 0.3 is 19.5 Å². The molecule has 0 aromatic heterocycles. The van der Waals surface area contributed by atoms with Gasteiger partial charge < -0.3 is 45.6 Å². The molecule has 0 heterocycles. The highest BCUT2D eigenvalue weighted by molar-refractivity contribution is 7.51. The zero-order chi connectivity index (χ0) is 26.4. The number of nitrogens with one attached hydrogen (secondary N) is 2. The maximum absolute atomic E-state index is 10.7. The van der Waals surface area contributed by atoms with Crippen LogP contribution in [0.5, 0.6) is 5.75 Å². The molecule has 0 amide bonds. The third kappa shape index (κ3) is 23.4. The van der Waals surface area contributed by atoms with Crippen molar-refractivity contribution in [2.75, 3.05) is 60.4 Å². The van der Waals surface area contributed by atoms with Crippen molar-refractivity contribution in [3.05, 3.63) is 27.7 Å². The lowest BCUT2D eigenvalue weighted by Crippen LogP contribution is -2.23. The Morgan fingerprint density at radius 2 is 1.64 bits per heavy atom. The predicted octanol–water partition coefficient (Wildman–Crippen LogP) is 0.286. The van der Waals surface area contributed by atoms with Crippen molar-refractivity contribution in [3.63, 3.8) is 0 Å². The molecule has 194 valence electrons. The summed E-state index contributed by atoms with van der Waals surface area (Å²) in [7, 11) is 0.991. The van der Waals surface area contributed by atoms with Crippen LogP contribution in [0.3, 0.4) is 0 Å². The maximum Gasteiger partial charge on any atom is 0.341 e. The number of nitrogens with two attached hydrogens (primary N) is 1. The van der Waals surface area contributed by atoms with E-state index in [4.69, 9.17) is 63.5 Å². The predicted molar refractivity (Wildman–Crippen MR) is 124 cm³/mol. The minimum atomic E-state index is -4.10. The molecule has 1 aromatic rings. The van der Waals surface area contributed by atoms with E-state index in [9.17, 15) is 14.2 Å². The second-order valence-corrected chi connectivity index (χ2v) is 7.97. The van der Waals surface area contributed by atoms with Gasteiger partial charge in [-0.1, -0.05) is 23.2 Å². The number of carboxylic acids is 2. The highest BCUT2D eigenvalue weighted by atomic mass is 35.5. The standard InChI is InChI=1S/C8H6Cl2O3.C4H11NO2.C3H8NO5P.C2H7N/c1-13-7-5(10)3-2-4(9)6(7)8(11)12;5-1-3-7-4-2-6;5-3(6)1-4-2-10(7,8)9;1-3-2/h2-3H,1H3,(H,11,12);6H,1-5H2;4H,1-2H2,(H,5,6)(H2,7,8,9);3H,1-2H3. The number of rotatable bonds is 10. The van der Waals surface area contributed by atoms with Crippen LogP contribution in [0.1, 0.15) is 10.4 Å². The number of carbonyl (C=O) groups is 2. The smallest absolute Gasteiger partial charge is 0.341 e. The Labute approximate surface area is 201 Å². The molecule has 0 atom stereocenters. The molecule has 0 saturated carbocycles. The fourth-order valence-corrected chi connectivity index (χ4v) is 2.36. The van der Waals surface area contributed by atoms with Crippen LogP contribution in [-0.4, -0.2) is 97.4 Å². The third-order valence-electron chi connectivity index (χ3n) is 2.57. The van der Waals surface area contributed by atoms with Crippen LogP contribution < -0.4 is 21.1 Å². The summed E-state index contributed by atoms with van der Waals surface area (Å²) in [5.41, 5.74) is 4.95. The fourth-order valence-electron chi connectivity index (χ4n) is 1.49. The topological polar surface area (TPSA) is 221 Å². The van der Waals surface area contributed by atoms with Gasteiger partial charge in [-0.05, 0) is 26.2 Å². The molecule has 0 bridgehead atoms. The number of halogens is 2. The molecule has 16 heteroatoms. The maximum atomic E-state index is 10.7. The summed E-state index contributed by atoms with van der Waals surface area (Å²) < 4.78 is 19.6. The van der Waals surface area contributed by atoms with Crippen molar-refractivity contribution < 1.29 is 48.7 Å². The van der Waals surface area contributed by atoms with Crippen molar-refractivity contribution in [2.24, 2.45) is 5.73 Å². The minimum absolute atomic E-state index is 0.0833. The molecule has 0 unspecified atom stereocenters. The van der Waals surface area contributed by atoms with Gasteiger partial charge in [0.05, 0.1) is 49.8 Å². The van der Waals surface area contributed by atoms with Crippen molar-refractivity contribution in [2.45, 2.75) is 0 Å². The fraction of sp³-hybridized carbons (Fsp3) is 0.529. The highest BCUT2D eigenvalue weighted by Gasteiger charge is 2.18. The summed E-state index contributed by atoms with van der Waals surface area (Å²) in [6, 6.07) is 2.89. The van der Waals surface area contributed by atoms with E-state index in [0.717, 1.165) is 0 Å². The molecular formula is C17H32Cl2N3O10P. The monoisotopic (exact) mass is 539 g/mol. The Morgan fingerprint density at radius 1 is 1.12 bits per heavy atom. The molecule has 0 aliphatic carbocycles. The van der Waals surface area contributed by atoms with Gasteiger partial charge in [0.15, 0.2) is 5.75 Å². The second-order valence-electron chi connectivity index (χ2n) is 5.51. The summed E-state index contributed by atoms with van der Waals surface area (Å²) in [5.74, 6) is -2.22. The summed E-state index contributed by atoms with van der Waals surface area (Å²) in [6.07, 6.45) is -0.598. The molecule has 0 fully saturated rings. The van der Waals surface area contributed by atoms with Crippen molar-refractivity contribution in [3.8, 4) is 5.75 Å². The van der Waals surface area contributed by atoms with Crippen LogP contribution >= 0.6 is 30.8 Å². The Morgan fingerprint density at radius 3 is 1.97 bits per heavy atom. The molecule has 9 N–H and O–H groups in total. The Bertz CT molecular complexity index is 719. The highest BCUT2D eigenvalue weighted by Crippen LogP contribution is 2.33. The minimum Gasteiger partial charge on any atom is -0.494 e. The van der Waals surface area contributed by atoms with Crippen LogP contribution in [0.15, 0.2) is 12.1 Å². The molecule has 0 aliphatic rings. The van der Waals surface area contributed by atoms with Crippen LogP contribution in [0.25, 0.3) is 0 Å². The van der Waals surface area contributed by atoms with Gasteiger partial charge in [-0.25, -0.2) is 4.79 Å². The lowest BCUT2D eigenvalue weighted by atomic mass is 10.2. The largest absolute Gasteiger partial charge is 0.494 e. The number of carboxylic acid groups (broad SMARTS) is 2. The Kier molecular flexibility index (Phi) is 24.4. The SMILES string of the molecule is CNC.COc1c(Cl)ccc(Cl)c1C(=O)O.NCCOCCO.O=C(O)CNCP(=O)(O)O. The van der Waals surface area contributed by atoms with E-state index in [1.165, 1.54) is 19.2 Å². The van der Waals surface area contributed by atoms with Gasteiger partial charge in [-0.15, -0.1) is 0 Å². The molecule has 33 heavy (non-hydrogen) atoms. The Hall–Kier alpha value is -1.51. The number of aromatic carboxylic acids is 1. The molecule has 0 radical (unpaired) electrons. The molecule has 0 saturated heterocycles. The molecule has 0 aliphatic heterocycles. The van der Waals surface area contributed by atoms with E-state index in [1.54, 1.807) is 0 Å². The van der Waals surface area contributed by atoms with Crippen LogP contribution in [0, 0.1) is 0 Å². The van der Waals surface area contributed by atoms with Gasteiger partial charge in [0.2, 0.25) is 0 Å². The van der Waals surface area contributed by atoms with Crippen molar-refractivity contribution in [1.82, 2.24) is 10.6 Å². The van der Waals surface area contributed by atoms with E-state index >= 15 is 0 Å². The first kappa shape index (κ1) is 36.1. The number of aliphatic carboxylic acids is 1. The van der Waals surface area contributed by atoms with Gasteiger partial charge in [-0.2, -0.15) is 0 Å². The second kappa shape index (κ2) is 22.3. The summed E-state index contributed by atoms with van der Waals surface area (Å²) in [5, 5.41) is 30.0. The number of aliphatic hydroxyl groups is 1. The Balaban J connectivity index is -0.000000402. The lowest BCUT2D eigenvalue weighted by molar-refractivity contribution is -0.135. The zero-order valence-electron chi connectivity index (χ0n) is 18.5. The lowest BCUT2D eigenvalue weighted by Gasteiger charge is -2.07. The number of aliphatic hydroxyl groups excluding tert-OH is 1. The summed E-state index contributed by atoms with van der Waals surface area (Å²) >= 11 is 11.4. The molecule has 0 spiro atoms. The van der Waals surface area contributed by atoms with E-state index in [0.29, 0.717) is 19.8 Å². The quantitative estimate of drug-likeness (QED) is 0.148. The van der Waals surface area contributed by atoms with Gasteiger partial charge in [0.1, 0.15) is 5.56 Å². The first-order valence-corrected chi connectivity index (χ1v) is 11.6. The first-order chi connectivity index (χ1) is 15.3. The van der Waals surface area contributed by atoms with E-state index in [1.807, 2.05) is 14.1 Å². The molecule has 1 rings (SSSR count). The van der Waals surface area contributed by atoms with E-state index < -0.39 is 32.4 Å². The summed E-state index contributed by atoms with van der Waals surface area (Å²) in [6.45, 7) is 1.11. The third-order valence-corrected chi connectivity index (χ3v) is 3.82. The van der Waals surface area contributed by atoms with Gasteiger partial charge in [0.25, 0.3) is 0 Å². The van der Waals surface area contributed by atoms with Crippen molar-refractivity contribution in [1.29, 1.82) is 0 Å². The van der Waals surface area contributed by atoms with Crippen molar-refractivity contribution >= 4 is 42.7 Å². The molecule has 13 nitrogen and oxygen atoms in total. The first-order valence-electron chi connectivity index (χ1n) is 9.02. The average molecular weight is 540 g/mol. The number of ether oxygens (including phenoxy) is 2. The van der Waals surface area contributed by atoms with Crippen LogP contribution in [-0.2, 0) is 14.1 Å². The van der Waals surface area contributed by atoms with Crippen LogP contribution in [0.2, 0.25) is 10.0 Å². The molecular weight excluding hydrogens is 508 g/mol. The molecule has 1 aromatic carbocycles. The average Bonchev–Trinajstić information content (AvgIpc) is 2.70. The summed E-state index contributed by atoms with van der Waals surface area (Å²) in [4.78, 5) is 36.9. The zero-order valence-corrected chi connectivity index (χ0v) is 20.9. The number of hydrogen-bond acceptors (Lipinski definition) is 9. The normalized spacial score (nSPS) is 9.85. The number of hydrogen-bond donors (Lipinski definition) is 8. The van der Waals surface area contributed by atoms with E-state index in [2.05, 4.69) is 10.6 Å². The van der Waals surface area contributed by atoms with Gasteiger partial charge in [-0.3, -0.25) is 14.7 Å². The number of benzene rings is 1. The van der Waals surface area contributed by atoms with E-state index in [-0.39, 0.29) is 28.0 Å². The number of methoxy groups -OCH3 is 1. The van der Waals surface area contributed by atoms with Crippen LogP contribution in [0.4, 0.5) is 0 Å². The van der Waals surface area contributed by atoms with Gasteiger partial charge in [0, 0.05) is 6.54 Å².